The van der Waals surface area contributed by atoms with Crippen molar-refractivity contribution in [2.75, 3.05) is 29.1 Å². The van der Waals surface area contributed by atoms with Crippen molar-refractivity contribution >= 4 is 29.2 Å². The highest BCUT2D eigenvalue weighted by Gasteiger charge is 2.23. The molecule has 1 aromatic heterocycles. The maximum atomic E-state index is 13.8. The molecule has 0 bridgehead atoms. The van der Waals surface area contributed by atoms with Crippen LogP contribution in [0.25, 0.3) is 0 Å². The molecular formula is C20H25FN4OS. The van der Waals surface area contributed by atoms with E-state index in [0.29, 0.717) is 11.8 Å². The maximum Gasteiger partial charge on any atom is 0.234 e. The van der Waals surface area contributed by atoms with Crippen LogP contribution in [0.2, 0.25) is 0 Å². The van der Waals surface area contributed by atoms with Gasteiger partial charge in [0, 0.05) is 19.2 Å². The van der Waals surface area contributed by atoms with Gasteiger partial charge in [-0.15, -0.1) is 0 Å². The first-order chi connectivity index (χ1) is 12.9. The summed E-state index contributed by atoms with van der Waals surface area (Å²) in [5, 5.41) is 3.35. The number of aromatic nitrogens is 2. The van der Waals surface area contributed by atoms with Crippen molar-refractivity contribution in [1.82, 2.24) is 9.97 Å². The molecule has 0 radical (unpaired) electrons. The van der Waals surface area contributed by atoms with Gasteiger partial charge in [0.2, 0.25) is 5.91 Å². The van der Waals surface area contributed by atoms with Crippen LogP contribution in [0.1, 0.15) is 25.8 Å². The first-order valence-electron chi connectivity index (χ1n) is 9.16. The van der Waals surface area contributed by atoms with Gasteiger partial charge < -0.3 is 10.2 Å². The standard InChI is InChI=1S/C20H25FN4OS/c1-13-4-5-17(16(21)7-13)24-19(26)11-27-20-8-18(22-12-23-20)25-9-14(2)6-15(3)10-25/h4-5,7-8,12,14-15H,6,9-11H2,1-3H3,(H,24,26)/t14-,15+. The van der Waals surface area contributed by atoms with Gasteiger partial charge in [-0.3, -0.25) is 4.79 Å². The van der Waals surface area contributed by atoms with E-state index in [1.165, 1.54) is 24.2 Å². The van der Waals surface area contributed by atoms with Crippen molar-refractivity contribution in [3.63, 3.8) is 0 Å². The summed E-state index contributed by atoms with van der Waals surface area (Å²) in [6.07, 6.45) is 2.78. The van der Waals surface area contributed by atoms with E-state index < -0.39 is 5.82 Å². The van der Waals surface area contributed by atoms with Crippen molar-refractivity contribution in [3.8, 4) is 0 Å². The zero-order valence-electron chi connectivity index (χ0n) is 15.9. The van der Waals surface area contributed by atoms with E-state index >= 15 is 0 Å². The second-order valence-corrected chi connectivity index (χ2v) is 8.38. The Bertz CT molecular complexity index is 806. The molecule has 1 aliphatic rings. The molecule has 0 unspecified atom stereocenters. The van der Waals surface area contributed by atoms with Gasteiger partial charge in [0.15, 0.2) is 0 Å². The lowest BCUT2D eigenvalue weighted by molar-refractivity contribution is -0.113. The minimum Gasteiger partial charge on any atom is -0.356 e. The quantitative estimate of drug-likeness (QED) is 0.616. The fourth-order valence-electron chi connectivity index (χ4n) is 3.48. The molecule has 0 spiro atoms. The molecule has 0 saturated carbocycles. The third kappa shape index (κ3) is 5.42. The van der Waals surface area contributed by atoms with Gasteiger partial charge in [-0.05, 0) is 42.9 Å². The van der Waals surface area contributed by atoms with Crippen molar-refractivity contribution < 1.29 is 9.18 Å². The molecule has 1 aromatic carbocycles. The number of amides is 1. The molecule has 2 heterocycles. The summed E-state index contributed by atoms with van der Waals surface area (Å²) in [6, 6.07) is 6.67. The van der Waals surface area contributed by atoms with Crippen LogP contribution < -0.4 is 10.2 Å². The summed E-state index contributed by atoms with van der Waals surface area (Å²) in [7, 11) is 0. The fraction of sp³-hybridized carbons (Fsp3) is 0.450. The molecule has 7 heteroatoms. The van der Waals surface area contributed by atoms with E-state index in [0.717, 1.165) is 29.5 Å². The van der Waals surface area contributed by atoms with Crippen LogP contribution in [-0.2, 0) is 4.79 Å². The molecule has 1 N–H and O–H groups in total. The highest BCUT2D eigenvalue weighted by atomic mass is 32.2. The number of nitrogens with one attached hydrogen (secondary N) is 1. The van der Waals surface area contributed by atoms with Crippen molar-refractivity contribution in [3.05, 3.63) is 42.0 Å². The topological polar surface area (TPSA) is 58.1 Å². The summed E-state index contributed by atoms with van der Waals surface area (Å²) in [5.74, 6) is 1.64. The maximum absolute atomic E-state index is 13.8. The second-order valence-electron chi connectivity index (χ2n) is 7.39. The number of rotatable bonds is 5. The number of carbonyl (C=O) groups excluding carboxylic acids is 1. The molecule has 1 saturated heterocycles. The number of piperidine rings is 1. The summed E-state index contributed by atoms with van der Waals surface area (Å²) in [6.45, 7) is 8.29. The second kappa shape index (κ2) is 8.69. The van der Waals surface area contributed by atoms with Gasteiger partial charge in [-0.2, -0.15) is 0 Å². The SMILES string of the molecule is Cc1ccc(NC(=O)CSc2cc(N3C[C@H](C)C[C@H](C)C3)ncn2)c(F)c1. The number of aryl methyl sites for hydroxylation is 1. The van der Waals surface area contributed by atoms with Crippen LogP contribution in [0, 0.1) is 24.6 Å². The average Bonchev–Trinajstić information content (AvgIpc) is 2.62. The smallest absolute Gasteiger partial charge is 0.234 e. The largest absolute Gasteiger partial charge is 0.356 e. The molecule has 1 amide bonds. The first kappa shape index (κ1) is 19.6. The lowest BCUT2D eigenvalue weighted by Crippen LogP contribution is -2.39. The molecule has 1 fully saturated rings. The van der Waals surface area contributed by atoms with E-state index in [9.17, 15) is 9.18 Å². The Morgan fingerprint density at radius 1 is 1.26 bits per heavy atom. The molecule has 3 rings (SSSR count). The van der Waals surface area contributed by atoms with Gasteiger partial charge in [-0.1, -0.05) is 31.7 Å². The summed E-state index contributed by atoms with van der Waals surface area (Å²) in [5.41, 5.74) is 1.01. The predicted molar refractivity (Wildman–Crippen MR) is 108 cm³/mol. The van der Waals surface area contributed by atoms with Crippen molar-refractivity contribution in [2.24, 2.45) is 11.8 Å². The van der Waals surface area contributed by atoms with Crippen LogP contribution in [0.5, 0.6) is 0 Å². The van der Waals surface area contributed by atoms with Crippen LogP contribution in [0.3, 0.4) is 0 Å². The van der Waals surface area contributed by atoms with E-state index in [1.807, 2.05) is 6.07 Å². The van der Waals surface area contributed by atoms with E-state index in [-0.39, 0.29) is 17.3 Å². The lowest BCUT2D eigenvalue weighted by atomic mass is 9.92. The Balaban J connectivity index is 1.58. The Morgan fingerprint density at radius 2 is 2.00 bits per heavy atom. The molecule has 1 aliphatic heterocycles. The molecule has 0 aliphatic carbocycles. The number of thioether (sulfide) groups is 1. The molecule has 27 heavy (non-hydrogen) atoms. The number of halogens is 1. The Hall–Kier alpha value is -2.15. The Labute approximate surface area is 163 Å². The normalized spacial score (nSPS) is 19.8. The zero-order valence-corrected chi connectivity index (χ0v) is 16.7. The molecule has 2 atom stereocenters. The highest BCUT2D eigenvalue weighted by Crippen LogP contribution is 2.27. The van der Waals surface area contributed by atoms with E-state index in [2.05, 4.69) is 34.0 Å². The zero-order chi connectivity index (χ0) is 19.4. The van der Waals surface area contributed by atoms with Gasteiger partial charge >= 0.3 is 0 Å². The summed E-state index contributed by atoms with van der Waals surface area (Å²) >= 11 is 1.32. The minimum absolute atomic E-state index is 0.163. The summed E-state index contributed by atoms with van der Waals surface area (Å²) in [4.78, 5) is 23.1. The van der Waals surface area contributed by atoms with Crippen molar-refractivity contribution in [2.45, 2.75) is 32.2 Å². The van der Waals surface area contributed by atoms with Gasteiger partial charge in [0.1, 0.15) is 23.0 Å². The molecule has 144 valence electrons. The van der Waals surface area contributed by atoms with Crippen LogP contribution >= 0.6 is 11.8 Å². The third-order valence-corrected chi connectivity index (χ3v) is 5.50. The van der Waals surface area contributed by atoms with Gasteiger partial charge in [-0.25, -0.2) is 14.4 Å². The van der Waals surface area contributed by atoms with Crippen molar-refractivity contribution in [1.29, 1.82) is 0 Å². The Kier molecular flexibility index (Phi) is 6.31. The van der Waals surface area contributed by atoms with Gasteiger partial charge in [0.05, 0.1) is 11.4 Å². The van der Waals surface area contributed by atoms with E-state index in [1.54, 1.807) is 25.4 Å². The summed E-state index contributed by atoms with van der Waals surface area (Å²) < 4.78 is 13.8. The lowest BCUT2D eigenvalue weighted by Gasteiger charge is -2.35. The van der Waals surface area contributed by atoms with Crippen LogP contribution in [0.15, 0.2) is 35.6 Å². The third-order valence-electron chi connectivity index (χ3n) is 4.57. The van der Waals surface area contributed by atoms with Crippen LogP contribution in [-0.4, -0.2) is 34.7 Å². The van der Waals surface area contributed by atoms with Crippen LogP contribution in [0.4, 0.5) is 15.9 Å². The number of hydrogen-bond acceptors (Lipinski definition) is 5. The number of nitrogens with zero attached hydrogens (tertiary/aromatic N) is 3. The molecule has 2 aromatic rings. The monoisotopic (exact) mass is 388 g/mol. The predicted octanol–water partition coefficient (Wildman–Crippen LogP) is 4.14. The fourth-order valence-corrected chi connectivity index (χ4v) is 4.14. The van der Waals surface area contributed by atoms with Gasteiger partial charge in [0.25, 0.3) is 0 Å². The molecular weight excluding hydrogens is 363 g/mol. The number of benzene rings is 1. The first-order valence-corrected chi connectivity index (χ1v) is 10.1. The highest BCUT2D eigenvalue weighted by molar-refractivity contribution is 7.99. The minimum atomic E-state index is -0.425. The number of hydrogen-bond donors (Lipinski definition) is 1. The average molecular weight is 389 g/mol. The number of carbonyl (C=O) groups is 1. The Morgan fingerprint density at radius 3 is 2.70 bits per heavy atom. The number of anilines is 2. The molecule has 5 nitrogen and oxygen atoms in total. The van der Waals surface area contributed by atoms with E-state index in [4.69, 9.17) is 0 Å².